The van der Waals surface area contributed by atoms with Gasteiger partial charge >= 0.3 is 5.97 Å². The van der Waals surface area contributed by atoms with Crippen LogP contribution in [0.3, 0.4) is 0 Å². The number of anilines is 1. The van der Waals surface area contributed by atoms with E-state index in [1.807, 2.05) is 36.4 Å². The van der Waals surface area contributed by atoms with E-state index in [1.54, 1.807) is 18.2 Å². The Morgan fingerprint density at radius 3 is 2.68 bits per heavy atom. The van der Waals surface area contributed by atoms with Crippen molar-refractivity contribution < 1.29 is 18.7 Å². The number of fused-ring (bicyclic) bond motifs is 1. The third kappa shape index (κ3) is 4.58. The van der Waals surface area contributed by atoms with Gasteiger partial charge in [0.2, 0.25) is 0 Å². The summed E-state index contributed by atoms with van der Waals surface area (Å²) in [6.45, 7) is -0.367. The van der Waals surface area contributed by atoms with Crippen LogP contribution in [0.5, 0.6) is 0 Å². The zero-order valence-electron chi connectivity index (χ0n) is 13.1. The summed E-state index contributed by atoms with van der Waals surface area (Å²) in [7, 11) is 0. The number of amides is 1. The Balaban J connectivity index is 1.55. The van der Waals surface area contributed by atoms with Crippen molar-refractivity contribution in [3.05, 3.63) is 71.1 Å². The molecule has 0 aliphatic heterocycles. The Kier molecular flexibility index (Phi) is 5.30. The summed E-state index contributed by atoms with van der Waals surface area (Å²) in [6.07, 6.45) is 2.67. The molecule has 1 heterocycles. The van der Waals surface area contributed by atoms with Crippen LogP contribution < -0.4 is 5.32 Å². The van der Waals surface area contributed by atoms with Crippen molar-refractivity contribution in [3.63, 3.8) is 0 Å². The zero-order chi connectivity index (χ0) is 17.6. The monoisotopic (exact) mass is 399 g/mol. The summed E-state index contributed by atoms with van der Waals surface area (Å²) in [5.41, 5.74) is 0.676. The van der Waals surface area contributed by atoms with E-state index in [0.717, 1.165) is 10.8 Å². The summed E-state index contributed by atoms with van der Waals surface area (Å²) in [4.78, 5) is 23.7. The van der Waals surface area contributed by atoms with Crippen LogP contribution in [0.2, 0.25) is 0 Å². The molecule has 1 amide bonds. The zero-order valence-corrected chi connectivity index (χ0v) is 14.7. The molecule has 3 rings (SSSR count). The summed E-state index contributed by atoms with van der Waals surface area (Å²) in [5, 5.41) is 4.69. The van der Waals surface area contributed by atoms with Crippen LogP contribution in [0.1, 0.15) is 5.76 Å². The lowest BCUT2D eigenvalue weighted by Gasteiger charge is -2.08. The molecule has 1 aromatic heterocycles. The third-order valence-corrected chi connectivity index (χ3v) is 3.81. The average molecular weight is 400 g/mol. The molecule has 0 spiro atoms. The second kappa shape index (κ2) is 7.81. The number of hydrogen-bond acceptors (Lipinski definition) is 4. The highest BCUT2D eigenvalue weighted by atomic mass is 79.9. The second-order valence-electron chi connectivity index (χ2n) is 5.16. The molecule has 6 heteroatoms. The van der Waals surface area contributed by atoms with Crippen molar-refractivity contribution in [1.82, 2.24) is 0 Å². The molecule has 5 nitrogen and oxygen atoms in total. The number of furan rings is 1. The lowest BCUT2D eigenvalue weighted by atomic mass is 10.1. The van der Waals surface area contributed by atoms with Gasteiger partial charge in [-0.1, -0.05) is 36.4 Å². The minimum atomic E-state index is -0.624. The van der Waals surface area contributed by atoms with E-state index in [2.05, 4.69) is 21.2 Å². The van der Waals surface area contributed by atoms with E-state index in [-0.39, 0.29) is 6.61 Å². The lowest BCUT2D eigenvalue weighted by Crippen LogP contribution is -2.20. The molecule has 25 heavy (non-hydrogen) atoms. The van der Waals surface area contributed by atoms with Gasteiger partial charge < -0.3 is 14.5 Å². The predicted octanol–water partition coefficient (Wildman–Crippen LogP) is 4.39. The molecule has 0 aliphatic carbocycles. The third-order valence-electron chi connectivity index (χ3n) is 3.39. The molecule has 0 bridgehead atoms. The van der Waals surface area contributed by atoms with Gasteiger partial charge in [-0.2, -0.15) is 0 Å². The second-order valence-corrected chi connectivity index (χ2v) is 5.94. The number of ether oxygens (including phenoxy) is 1. The smallest absolute Gasteiger partial charge is 0.331 e. The standard InChI is InChI=1S/C19H14BrNO4/c20-17-10-8-14(25-17)9-11-19(23)24-12-18(22)21-16-7-3-5-13-4-1-2-6-15(13)16/h1-11H,12H2,(H,21,22)/b11-9+. The van der Waals surface area contributed by atoms with Gasteiger partial charge in [0, 0.05) is 17.1 Å². The summed E-state index contributed by atoms with van der Waals surface area (Å²) in [5.74, 6) is -0.525. The number of carbonyl (C=O) groups excluding carboxylic acids is 2. The largest absolute Gasteiger partial charge is 0.452 e. The van der Waals surface area contributed by atoms with Crippen LogP contribution in [-0.2, 0) is 14.3 Å². The van der Waals surface area contributed by atoms with Crippen LogP contribution in [0.4, 0.5) is 5.69 Å². The van der Waals surface area contributed by atoms with Crippen molar-refractivity contribution in [2.24, 2.45) is 0 Å². The quantitative estimate of drug-likeness (QED) is 0.510. The fourth-order valence-corrected chi connectivity index (χ4v) is 2.59. The maximum absolute atomic E-state index is 12.0. The van der Waals surface area contributed by atoms with Crippen LogP contribution in [0.25, 0.3) is 16.8 Å². The number of esters is 1. The number of benzene rings is 2. The van der Waals surface area contributed by atoms with Gasteiger partial charge in [-0.15, -0.1) is 0 Å². The molecule has 2 aromatic carbocycles. The van der Waals surface area contributed by atoms with Crippen molar-refractivity contribution in [3.8, 4) is 0 Å². The SMILES string of the molecule is O=C(COC(=O)/C=C/c1ccc(Br)o1)Nc1cccc2ccccc12. The first-order chi connectivity index (χ1) is 12.1. The van der Waals surface area contributed by atoms with Gasteiger partial charge in [0.15, 0.2) is 11.3 Å². The predicted molar refractivity (Wildman–Crippen MR) is 99.0 cm³/mol. The van der Waals surface area contributed by atoms with E-state index >= 15 is 0 Å². The summed E-state index contributed by atoms with van der Waals surface area (Å²) in [6, 6.07) is 16.7. The Morgan fingerprint density at radius 2 is 1.88 bits per heavy atom. The Morgan fingerprint density at radius 1 is 1.08 bits per heavy atom. The minimum Gasteiger partial charge on any atom is -0.452 e. The molecule has 0 unspecified atom stereocenters. The maximum atomic E-state index is 12.0. The summed E-state index contributed by atoms with van der Waals surface area (Å²) < 4.78 is 10.7. The molecule has 0 atom stereocenters. The highest BCUT2D eigenvalue weighted by Crippen LogP contribution is 2.22. The van der Waals surface area contributed by atoms with Gasteiger partial charge in [0.05, 0.1) is 0 Å². The van der Waals surface area contributed by atoms with Gasteiger partial charge in [0.1, 0.15) is 5.76 Å². The van der Waals surface area contributed by atoms with E-state index in [9.17, 15) is 9.59 Å². The Hall–Kier alpha value is -2.86. The number of carbonyl (C=O) groups is 2. The van der Waals surface area contributed by atoms with E-state index < -0.39 is 11.9 Å². The van der Waals surface area contributed by atoms with E-state index in [1.165, 1.54) is 12.2 Å². The Labute approximate surface area is 152 Å². The normalized spacial score (nSPS) is 10.9. The van der Waals surface area contributed by atoms with Crippen LogP contribution in [0, 0.1) is 0 Å². The molecular formula is C19H14BrNO4. The molecule has 3 aromatic rings. The molecule has 0 radical (unpaired) electrons. The highest BCUT2D eigenvalue weighted by molar-refractivity contribution is 9.10. The van der Waals surface area contributed by atoms with E-state index in [0.29, 0.717) is 16.1 Å². The van der Waals surface area contributed by atoms with Gasteiger partial charge in [0.25, 0.3) is 5.91 Å². The Bertz CT molecular complexity index is 940. The fraction of sp³-hybridized carbons (Fsp3) is 0.0526. The van der Waals surface area contributed by atoms with Gasteiger partial charge in [-0.25, -0.2) is 4.79 Å². The van der Waals surface area contributed by atoms with Crippen molar-refractivity contribution in [1.29, 1.82) is 0 Å². The molecule has 0 fully saturated rings. The average Bonchev–Trinajstić information content (AvgIpc) is 3.04. The lowest BCUT2D eigenvalue weighted by molar-refractivity contribution is -0.142. The van der Waals surface area contributed by atoms with E-state index in [4.69, 9.17) is 9.15 Å². The van der Waals surface area contributed by atoms with Crippen molar-refractivity contribution in [2.75, 3.05) is 11.9 Å². The fourth-order valence-electron chi connectivity index (χ4n) is 2.27. The maximum Gasteiger partial charge on any atom is 0.331 e. The number of nitrogens with one attached hydrogen (secondary N) is 1. The number of rotatable bonds is 5. The molecular weight excluding hydrogens is 386 g/mol. The van der Waals surface area contributed by atoms with Crippen LogP contribution in [-0.4, -0.2) is 18.5 Å². The van der Waals surface area contributed by atoms with Crippen LogP contribution in [0.15, 0.2) is 69.8 Å². The minimum absolute atomic E-state index is 0.367. The van der Waals surface area contributed by atoms with Gasteiger partial charge in [-0.05, 0) is 45.6 Å². The van der Waals surface area contributed by atoms with Gasteiger partial charge in [-0.3, -0.25) is 4.79 Å². The summed E-state index contributed by atoms with van der Waals surface area (Å²) >= 11 is 3.17. The number of hydrogen-bond donors (Lipinski definition) is 1. The molecule has 126 valence electrons. The van der Waals surface area contributed by atoms with Crippen LogP contribution >= 0.6 is 15.9 Å². The van der Waals surface area contributed by atoms with Crippen molar-refractivity contribution in [2.45, 2.75) is 0 Å². The topological polar surface area (TPSA) is 68.5 Å². The molecule has 0 saturated heterocycles. The first kappa shape index (κ1) is 17.0. The van der Waals surface area contributed by atoms with Crippen molar-refractivity contribution >= 4 is 50.3 Å². The molecule has 1 N–H and O–H groups in total. The first-order valence-electron chi connectivity index (χ1n) is 7.49. The number of halogens is 1. The molecule has 0 aliphatic rings. The molecule has 0 saturated carbocycles. The highest BCUT2D eigenvalue weighted by Gasteiger charge is 2.08. The first-order valence-corrected chi connectivity index (χ1v) is 8.29.